The Morgan fingerprint density at radius 2 is 1.69 bits per heavy atom. The Bertz CT molecular complexity index is 1310. The summed E-state index contributed by atoms with van der Waals surface area (Å²) in [5, 5.41) is 13.2. The highest BCUT2D eigenvalue weighted by molar-refractivity contribution is 7.10. The Morgan fingerprint density at radius 1 is 1.00 bits per heavy atom. The van der Waals surface area contributed by atoms with Crippen LogP contribution in [0.1, 0.15) is 22.0 Å². The fourth-order valence-electron chi connectivity index (χ4n) is 4.88. The average molecular weight is 504 g/mol. The lowest BCUT2D eigenvalue weighted by molar-refractivity contribution is -0.132. The molecule has 2 fully saturated rings. The van der Waals surface area contributed by atoms with Crippen molar-refractivity contribution in [2.75, 3.05) is 50.1 Å². The minimum atomic E-state index is -0.707. The number of ether oxygens (including phenoxy) is 1. The molecule has 1 unspecified atom stereocenters. The van der Waals surface area contributed by atoms with Crippen LogP contribution in [0.5, 0.6) is 5.75 Å². The summed E-state index contributed by atoms with van der Waals surface area (Å²) >= 11 is 1.45. The van der Waals surface area contributed by atoms with E-state index < -0.39 is 17.7 Å². The quantitative estimate of drug-likeness (QED) is 0.315. The van der Waals surface area contributed by atoms with Crippen LogP contribution in [-0.2, 0) is 9.59 Å². The van der Waals surface area contributed by atoms with Crippen LogP contribution in [0, 0.1) is 6.92 Å². The fourth-order valence-corrected chi connectivity index (χ4v) is 5.71. The number of hydrogen-bond donors (Lipinski definition) is 1. The number of aliphatic hydroxyl groups excluding tert-OH is 1. The summed E-state index contributed by atoms with van der Waals surface area (Å²) in [7, 11) is 3.70. The molecule has 1 atom stereocenters. The van der Waals surface area contributed by atoms with Crippen molar-refractivity contribution in [2.24, 2.45) is 0 Å². The van der Waals surface area contributed by atoms with Crippen LogP contribution >= 0.6 is 11.3 Å². The minimum absolute atomic E-state index is 0.0927. The Hall–Kier alpha value is -3.62. The van der Waals surface area contributed by atoms with Crippen molar-refractivity contribution >= 4 is 40.2 Å². The topological polar surface area (TPSA) is 73.3 Å². The Kier molecular flexibility index (Phi) is 6.55. The van der Waals surface area contributed by atoms with E-state index in [1.54, 1.807) is 25.3 Å². The monoisotopic (exact) mass is 503 g/mol. The number of piperazine rings is 1. The third kappa shape index (κ3) is 4.27. The summed E-state index contributed by atoms with van der Waals surface area (Å²) in [6, 6.07) is 16.0. The van der Waals surface area contributed by atoms with E-state index in [4.69, 9.17) is 4.74 Å². The third-order valence-corrected chi connectivity index (χ3v) is 7.85. The molecule has 3 aromatic rings. The number of methoxy groups -OCH3 is 1. The zero-order valence-corrected chi connectivity index (χ0v) is 21.4. The first-order valence-electron chi connectivity index (χ1n) is 11.9. The molecule has 3 heterocycles. The molecule has 0 saturated carbocycles. The van der Waals surface area contributed by atoms with E-state index in [9.17, 15) is 14.7 Å². The predicted octanol–water partition coefficient (Wildman–Crippen LogP) is 4.44. The van der Waals surface area contributed by atoms with Crippen LogP contribution < -0.4 is 14.5 Å². The average Bonchev–Trinajstić information content (AvgIpc) is 3.51. The summed E-state index contributed by atoms with van der Waals surface area (Å²) in [5.74, 6) is -0.841. The standard InChI is InChI=1S/C28H29N3O4S/c1-18-17-19(6-11-22(18)35-3)26(32)24-25(23-5-4-16-36-23)31(28(34)27(24)33)21-9-7-20(8-10-21)30-14-12-29(2)13-15-30/h4-11,16-17,25,32H,12-15H2,1-3H3/b26-24-. The molecule has 0 spiro atoms. The molecule has 36 heavy (non-hydrogen) atoms. The van der Waals surface area contributed by atoms with Gasteiger partial charge in [-0.15, -0.1) is 11.3 Å². The van der Waals surface area contributed by atoms with Crippen molar-refractivity contribution in [2.45, 2.75) is 13.0 Å². The summed E-state index contributed by atoms with van der Waals surface area (Å²) < 4.78 is 5.33. The summed E-state index contributed by atoms with van der Waals surface area (Å²) in [6.07, 6.45) is 0. The van der Waals surface area contributed by atoms with Gasteiger partial charge in [0.05, 0.1) is 12.7 Å². The SMILES string of the molecule is COc1ccc(/C(O)=C2/C(=O)C(=O)N(c3ccc(N4CCN(C)CC4)cc3)C2c2cccs2)cc1C. The number of rotatable bonds is 5. The molecule has 1 N–H and O–H groups in total. The largest absolute Gasteiger partial charge is 0.507 e. The lowest BCUT2D eigenvalue weighted by atomic mass is 9.98. The Labute approximate surface area is 214 Å². The van der Waals surface area contributed by atoms with Gasteiger partial charge in [-0.05, 0) is 73.4 Å². The van der Waals surface area contributed by atoms with Gasteiger partial charge in [-0.2, -0.15) is 0 Å². The zero-order valence-electron chi connectivity index (χ0n) is 20.6. The molecule has 7 nitrogen and oxygen atoms in total. The van der Waals surface area contributed by atoms with Crippen molar-refractivity contribution in [3.05, 3.63) is 81.6 Å². The van der Waals surface area contributed by atoms with E-state index in [1.807, 2.05) is 48.7 Å². The number of Topliss-reactive ketones (excluding diaryl/α,β-unsaturated/α-hetero) is 1. The minimum Gasteiger partial charge on any atom is -0.507 e. The molecule has 8 heteroatoms. The molecule has 2 aliphatic heterocycles. The molecule has 1 aromatic heterocycles. The van der Waals surface area contributed by atoms with Gasteiger partial charge in [0.15, 0.2) is 0 Å². The van der Waals surface area contributed by atoms with Gasteiger partial charge in [-0.3, -0.25) is 14.5 Å². The number of aryl methyl sites for hydroxylation is 1. The second-order valence-electron chi connectivity index (χ2n) is 9.18. The number of aliphatic hydroxyl groups is 1. The van der Waals surface area contributed by atoms with Crippen LogP contribution in [0.2, 0.25) is 0 Å². The van der Waals surface area contributed by atoms with Crippen LogP contribution in [0.25, 0.3) is 5.76 Å². The number of hydrogen-bond acceptors (Lipinski definition) is 7. The van der Waals surface area contributed by atoms with Gasteiger partial charge in [0.2, 0.25) is 0 Å². The maximum atomic E-state index is 13.3. The molecule has 2 aliphatic rings. The van der Waals surface area contributed by atoms with E-state index in [0.29, 0.717) is 17.0 Å². The first-order valence-corrected chi connectivity index (χ1v) is 12.8. The lowest BCUT2D eigenvalue weighted by Crippen LogP contribution is -2.44. The molecular formula is C28H29N3O4S. The predicted molar refractivity (Wildman–Crippen MR) is 143 cm³/mol. The highest BCUT2D eigenvalue weighted by atomic mass is 32.1. The molecule has 0 bridgehead atoms. The highest BCUT2D eigenvalue weighted by Gasteiger charge is 2.47. The highest BCUT2D eigenvalue weighted by Crippen LogP contribution is 2.44. The lowest BCUT2D eigenvalue weighted by Gasteiger charge is -2.34. The van der Waals surface area contributed by atoms with Gasteiger partial charge in [0, 0.05) is 48.0 Å². The number of likely N-dealkylation sites (N-methyl/N-ethyl adjacent to an activating group) is 1. The second kappa shape index (κ2) is 9.79. The first kappa shape index (κ1) is 24.1. The van der Waals surface area contributed by atoms with Gasteiger partial charge in [0.25, 0.3) is 11.7 Å². The van der Waals surface area contributed by atoms with E-state index in [2.05, 4.69) is 16.8 Å². The normalized spacial score (nSPS) is 20.2. The van der Waals surface area contributed by atoms with Crippen molar-refractivity contribution in [3.63, 3.8) is 0 Å². The number of ketones is 1. The van der Waals surface area contributed by atoms with Crippen molar-refractivity contribution in [3.8, 4) is 5.75 Å². The number of anilines is 2. The van der Waals surface area contributed by atoms with Gasteiger partial charge >= 0.3 is 0 Å². The Morgan fingerprint density at radius 3 is 2.31 bits per heavy atom. The summed E-state index contributed by atoms with van der Waals surface area (Å²) in [4.78, 5) is 33.6. The molecular weight excluding hydrogens is 474 g/mol. The second-order valence-corrected chi connectivity index (χ2v) is 10.2. The van der Waals surface area contributed by atoms with Gasteiger partial charge in [0.1, 0.15) is 17.6 Å². The van der Waals surface area contributed by atoms with Crippen molar-refractivity contribution in [1.82, 2.24) is 4.90 Å². The van der Waals surface area contributed by atoms with E-state index >= 15 is 0 Å². The molecule has 1 amide bonds. The van der Waals surface area contributed by atoms with Crippen LogP contribution in [0.4, 0.5) is 11.4 Å². The summed E-state index contributed by atoms with van der Waals surface area (Å²) in [5.41, 5.74) is 3.10. The summed E-state index contributed by atoms with van der Waals surface area (Å²) in [6.45, 7) is 5.75. The third-order valence-electron chi connectivity index (χ3n) is 6.92. The number of thiophene rings is 1. The molecule has 2 aromatic carbocycles. The first-order chi connectivity index (χ1) is 17.4. The van der Waals surface area contributed by atoms with E-state index in [1.165, 1.54) is 16.2 Å². The molecule has 5 rings (SSSR count). The molecule has 0 radical (unpaired) electrons. The number of benzene rings is 2. The number of carbonyl (C=O) groups is 2. The van der Waals surface area contributed by atoms with Crippen LogP contribution in [0.15, 0.2) is 65.6 Å². The van der Waals surface area contributed by atoms with Crippen LogP contribution in [-0.4, -0.2) is 62.0 Å². The van der Waals surface area contributed by atoms with E-state index in [0.717, 1.165) is 42.3 Å². The molecule has 186 valence electrons. The van der Waals surface area contributed by atoms with Crippen LogP contribution in [0.3, 0.4) is 0 Å². The van der Waals surface area contributed by atoms with Crippen molar-refractivity contribution in [1.29, 1.82) is 0 Å². The number of carbonyl (C=O) groups excluding carboxylic acids is 2. The zero-order chi connectivity index (χ0) is 25.4. The molecule has 0 aliphatic carbocycles. The number of amides is 1. The van der Waals surface area contributed by atoms with E-state index in [-0.39, 0.29) is 11.3 Å². The fraction of sp³-hybridized carbons (Fsp3) is 0.286. The van der Waals surface area contributed by atoms with Gasteiger partial charge in [-0.1, -0.05) is 6.07 Å². The maximum Gasteiger partial charge on any atom is 0.300 e. The smallest absolute Gasteiger partial charge is 0.300 e. The van der Waals surface area contributed by atoms with Crippen molar-refractivity contribution < 1.29 is 19.4 Å². The number of nitrogens with zero attached hydrogens (tertiary/aromatic N) is 3. The maximum absolute atomic E-state index is 13.3. The van der Waals surface area contributed by atoms with Gasteiger partial charge < -0.3 is 19.6 Å². The Balaban J connectivity index is 1.55. The molecule has 2 saturated heterocycles. The van der Waals surface area contributed by atoms with Gasteiger partial charge in [-0.25, -0.2) is 0 Å².